The topological polar surface area (TPSA) is 21.6 Å². The fraction of sp³-hybridized carbons (Fsp3) is 0.696. The van der Waals surface area contributed by atoms with Gasteiger partial charge in [0.05, 0.1) is 5.71 Å². The van der Waals surface area contributed by atoms with Crippen molar-refractivity contribution >= 4 is 5.71 Å². The summed E-state index contributed by atoms with van der Waals surface area (Å²) in [5, 5.41) is 4.43. The van der Waals surface area contributed by atoms with E-state index >= 15 is 0 Å². The third-order valence-electron chi connectivity index (χ3n) is 6.43. The standard InChI is InChI=1S/C21H31NO.C2H6/c1-13(2)16-11-17-19(10-15(16)4)21(5)9-7-8-14(3)18(21)12-20(17)22-23-6;1-2/h10-11,13-14,18H,7-9,12H2,1-6H3;1-2H3/b22-20+;. The molecule has 3 unspecified atom stereocenters. The van der Waals surface area contributed by atoms with Crippen LogP contribution in [-0.2, 0) is 10.3 Å². The number of hydrogen-bond acceptors (Lipinski definition) is 2. The number of oxime groups is 1. The average molecular weight is 344 g/mol. The highest BCUT2D eigenvalue weighted by Gasteiger charge is 2.47. The molecule has 25 heavy (non-hydrogen) atoms. The Morgan fingerprint density at radius 1 is 1.24 bits per heavy atom. The van der Waals surface area contributed by atoms with Gasteiger partial charge >= 0.3 is 0 Å². The maximum absolute atomic E-state index is 5.20. The van der Waals surface area contributed by atoms with E-state index in [-0.39, 0.29) is 0 Å². The lowest BCUT2D eigenvalue weighted by atomic mass is 9.54. The number of hydrogen-bond donors (Lipinski definition) is 0. The molecule has 2 heteroatoms. The Kier molecular flexibility index (Phi) is 6.35. The van der Waals surface area contributed by atoms with Crippen LogP contribution >= 0.6 is 0 Å². The molecule has 2 aliphatic rings. The van der Waals surface area contributed by atoms with E-state index in [1.807, 2.05) is 13.8 Å². The van der Waals surface area contributed by atoms with Gasteiger partial charge in [-0.2, -0.15) is 0 Å². The lowest BCUT2D eigenvalue weighted by Gasteiger charge is -2.50. The van der Waals surface area contributed by atoms with Crippen molar-refractivity contribution in [2.24, 2.45) is 17.0 Å². The molecule has 0 radical (unpaired) electrons. The summed E-state index contributed by atoms with van der Waals surface area (Å²) in [7, 11) is 1.67. The third-order valence-corrected chi connectivity index (χ3v) is 6.43. The lowest BCUT2D eigenvalue weighted by molar-refractivity contribution is 0.136. The summed E-state index contributed by atoms with van der Waals surface area (Å²) in [4.78, 5) is 5.20. The van der Waals surface area contributed by atoms with Gasteiger partial charge in [0.2, 0.25) is 0 Å². The highest BCUT2D eigenvalue weighted by atomic mass is 16.6. The van der Waals surface area contributed by atoms with Crippen LogP contribution in [0.3, 0.4) is 0 Å². The van der Waals surface area contributed by atoms with Crippen LogP contribution in [0.2, 0.25) is 0 Å². The predicted molar refractivity (Wildman–Crippen MR) is 109 cm³/mol. The predicted octanol–water partition coefficient (Wildman–Crippen LogP) is 6.59. The van der Waals surface area contributed by atoms with E-state index in [1.54, 1.807) is 7.11 Å². The second kappa shape index (κ2) is 7.93. The Balaban J connectivity index is 0.00000109. The highest BCUT2D eigenvalue weighted by molar-refractivity contribution is 6.03. The molecule has 0 heterocycles. The molecule has 1 aromatic carbocycles. The van der Waals surface area contributed by atoms with E-state index in [9.17, 15) is 0 Å². The van der Waals surface area contributed by atoms with Crippen molar-refractivity contribution in [3.05, 3.63) is 34.4 Å². The second-order valence-electron chi connectivity index (χ2n) is 8.23. The van der Waals surface area contributed by atoms with E-state index in [1.165, 1.54) is 41.5 Å². The van der Waals surface area contributed by atoms with Crippen molar-refractivity contribution in [1.82, 2.24) is 0 Å². The van der Waals surface area contributed by atoms with Crippen molar-refractivity contribution in [1.29, 1.82) is 0 Å². The molecule has 1 saturated carbocycles. The summed E-state index contributed by atoms with van der Waals surface area (Å²) < 4.78 is 0. The van der Waals surface area contributed by atoms with Crippen molar-refractivity contribution in [3.8, 4) is 0 Å². The van der Waals surface area contributed by atoms with Crippen LogP contribution in [-0.4, -0.2) is 12.8 Å². The van der Waals surface area contributed by atoms with E-state index in [4.69, 9.17) is 4.84 Å². The molecular weight excluding hydrogens is 306 g/mol. The summed E-state index contributed by atoms with van der Waals surface area (Å²) >= 11 is 0. The minimum Gasteiger partial charge on any atom is -0.399 e. The minimum atomic E-state index is 0.292. The molecule has 3 atom stereocenters. The van der Waals surface area contributed by atoms with Crippen LogP contribution in [0.1, 0.15) is 95.4 Å². The molecule has 1 fully saturated rings. The first-order valence-electron chi connectivity index (χ1n) is 10.1. The second-order valence-corrected chi connectivity index (χ2v) is 8.23. The number of fused-ring (bicyclic) bond motifs is 3. The van der Waals surface area contributed by atoms with Gasteiger partial charge < -0.3 is 4.84 Å². The van der Waals surface area contributed by atoms with E-state index in [0.29, 0.717) is 17.3 Å². The summed E-state index contributed by atoms with van der Waals surface area (Å²) in [6.07, 6.45) is 5.04. The molecular formula is C23H37NO. The van der Waals surface area contributed by atoms with Gasteiger partial charge in [0.15, 0.2) is 0 Å². The van der Waals surface area contributed by atoms with Gasteiger partial charge in [-0.05, 0) is 65.7 Å². The minimum absolute atomic E-state index is 0.292. The number of benzene rings is 1. The van der Waals surface area contributed by atoms with Crippen molar-refractivity contribution in [3.63, 3.8) is 0 Å². The molecule has 0 aliphatic heterocycles. The van der Waals surface area contributed by atoms with Gasteiger partial charge in [-0.1, -0.05) is 65.6 Å². The van der Waals surface area contributed by atoms with E-state index in [2.05, 4.69) is 51.9 Å². The zero-order chi connectivity index (χ0) is 18.8. The molecule has 0 amide bonds. The summed E-state index contributed by atoms with van der Waals surface area (Å²) in [6, 6.07) is 4.86. The van der Waals surface area contributed by atoms with Crippen LogP contribution in [0, 0.1) is 18.8 Å². The molecule has 140 valence electrons. The first-order chi connectivity index (χ1) is 11.9. The lowest BCUT2D eigenvalue weighted by Crippen LogP contribution is -2.45. The van der Waals surface area contributed by atoms with Crippen molar-refractivity contribution < 1.29 is 4.84 Å². The zero-order valence-corrected chi connectivity index (χ0v) is 17.6. The van der Waals surface area contributed by atoms with Crippen molar-refractivity contribution in [2.75, 3.05) is 7.11 Å². The first-order valence-corrected chi connectivity index (χ1v) is 10.1. The molecule has 1 aromatic rings. The largest absolute Gasteiger partial charge is 0.399 e. The normalized spacial score (nSPS) is 29.6. The van der Waals surface area contributed by atoms with Crippen LogP contribution in [0.5, 0.6) is 0 Å². The number of rotatable bonds is 2. The van der Waals surface area contributed by atoms with Gasteiger partial charge in [-0.25, -0.2) is 0 Å². The fourth-order valence-corrected chi connectivity index (χ4v) is 5.14. The van der Waals surface area contributed by atoms with Gasteiger partial charge in [0.25, 0.3) is 0 Å². The number of aryl methyl sites for hydroxylation is 1. The Bertz CT molecular complexity index is 631. The van der Waals surface area contributed by atoms with Crippen LogP contribution in [0.25, 0.3) is 0 Å². The van der Waals surface area contributed by atoms with E-state index in [0.717, 1.165) is 18.1 Å². The van der Waals surface area contributed by atoms with Gasteiger partial charge in [-0.15, -0.1) is 0 Å². The Labute approximate surface area is 155 Å². The Hall–Kier alpha value is -1.31. The maximum Gasteiger partial charge on any atom is 0.106 e. The van der Waals surface area contributed by atoms with Crippen molar-refractivity contribution in [2.45, 2.75) is 85.5 Å². The zero-order valence-electron chi connectivity index (χ0n) is 17.6. The maximum atomic E-state index is 5.20. The van der Waals surface area contributed by atoms with Crippen LogP contribution < -0.4 is 0 Å². The quantitative estimate of drug-likeness (QED) is 0.555. The summed E-state index contributed by atoms with van der Waals surface area (Å²) in [6.45, 7) is 15.7. The average Bonchev–Trinajstić information content (AvgIpc) is 2.58. The van der Waals surface area contributed by atoms with E-state index < -0.39 is 0 Å². The molecule has 0 saturated heterocycles. The molecule has 0 N–H and O–H groups in total. The monoisotopic (exact) mass is 343 g/mol. The molecule has 0 bridgehead atoms. The third kappa shape index (κ3) is 3.50. The summed E-state index contributed by atoms with van der Waals surface area (Å²) in [5.74, 6) is 1.98. The van der Waals surface area contributed by atoms with Gasteiger partial charge in [0, 0.05) is 5.56 Å². The molecule has 3 rings (SSSR count). The fourth-order valence-electron chi connectivity index (χ4n) is 5.14. The van der Waals surface area contributed by atoms with Gasteiger partial charge in [-0.3, -0.25) is 0 Å². The smallest absolute Gasteiger partial charge is 0.106 e. The Morgan fingerprint density at radius 3 is 2.52 bits per heavy atom. The van der Waals surface area contributed by atoms with Crippen LogP contribution in [0.4, 0.5) is 0 Å². The highest BCUT2D eigenvalue weighted by Crippen LogP contribution is 2.52. The first kappa shape index (κ1) is 20.0. The number of nitrogens with zero attached hydrogens (tertiary/aromatic N) is 1. The van der Waals surface area contributed by atoms with Crippen LogP contribution in [0.15, 0.2) is 17.3 Å². The molecule has 2 nitrogen and oxygen atoms in total. The summed E-state index contributed by atoms with van der Waals surface area (Å²) in [5.41, 5.74) is 7.17. The van der Waals surface area contributed by atoms with Gasteiger partial charge in [0.1, 0.15) is 7.11 Å². The molecule has 2 aliphatic carbocycles. The Morgan fingerprint density at radius 2 is 1.92 bits per heavy atom. The molecule has 0 aromatic heterocycles. The molecule has 0 spiro atoms. The SMILES string of the molecule is CC.CO/N=C1\CC2C(C)CCCC2(C)c2cc(C)c(C(C)C)cc21.